The largest absolute Gasteiger partial charge is 0.328 e. The molecule has 0 saturated carbocycles. The number of aromatic nitrogens is 3. The van der Waals surface area contributed by atoms with Crippen LogP contribution in [-0.4, -0.2) is 45.6 Å². The number of carbonyl (C=O) groups is 1. The monoisotopic (exact) mass is 377 g/mol. The Morgan fingerprint density at radius 1 is 1.48 bits per heavy atom. The van der Waals surface area contributed by atoms with E-state index < -0.39 is 0 Å². The summed E-state index contributed by atoms with van der Waals surface area (Å²) in [7, 11) is 0. The summed E-state index contributed by atoms with van der Waals surface area (Å²) in [4.78, 5) is 19.1. The van der Waals surface area contributed by atoms with Gasteiger partial charge in [-0.25, -0.2) is 0 Å². The summed E-state index contributed by atoms with van der Waals surface area (Å²) in [5.41, 5.74) is 2.43. The summed E-state index contributed by atoms with van der Waals surface area (Å²) in [6.45, 7) is 6.28. The zero-order chi connectivity index (χ0) is 16.4. The van der Waals surface area contributed by atoms with Gasteiger partial charge in [-0.15, -0.1) is 0 Å². The van der Waals surface area contributed by atoms with Gasteiger partial charge in [0.1, 0.15) is 0 Å². The third-order valence-electron chi connectivity index (χ3n) is 4.09. The summed E-state index contributed by atoms with van der Waals surface area (Å²) >= 11 is 3.53. The Morgan fingerprint density at radius 3 is 2.96 bits per heavy atom. The highest BCUT2D eigenvalue weighted by Crippen LogP contribution is 2.29. The number of hydrogen-bond donors (Lipinski definition) is 2. The Hall–Kier alpha value is -1.73. The van der Waals surface area contributed by atoms with E-state index in [0.29, 0.717) is 12.2 Å². The minimum atomic E-state index is -0.0598. The van der Waals surface area contributed by atoms with Gasteiger partial charge < -0.3 is 10.2 Å². The van der Waals surface area contributed by atoms with Crippen molar-refractivity contribution in [3.8, 4) is 0 Å². The summed E-state index contributed by atoms with van der Waals surface area (Å²) in [5, 5.41) is 10.6. The fraction of sp³-hybridized carbons (Fsp3) is 0.438. The Morgan fingerprint density at radius 2 is 2.30 bits per heavy atom. The van der Waals surface area contributed by atoms with Gasteiger partial charge in [-0.05, 0) is 33.5 Å². The smallest absolute Gasteiger partial charge is 0.276 e. The lowest BCUT2D eigenvalue weighted by molar-refractivity contribution is 0.0627. The first-order valence-corrected chi connectivity index (χ1v) is 8.54. The summed E-state index contributed by atoms with van der Waals surface area (Å²) in [6, 6.07) is 3.87. The quantitative estimate of drug-likeness (QED) is 0.861. The lowest BCUT2D eigenvalue weighted by Crippen LogP contribution is -2.48. The first-order chi connectivity index (χ1) is 11.1. The van der Waals surface area contributed by atoms with Crippen LogP contribution in [-0.2, 0) is 0 Å². The van der Waals surface area contributed by atoms with Crippen molar-refractivity contribution in [2.75, 3.05) is 19.6 Å². The summed E-state index contributed by atoms with van der Waals surface area (Å²) < 4.78 is 0.765. The molecular weight excluding hydrogens is 358 g/mol. The fourth-order valence-corrected chi connectivity index (χ4v) is 3.63. The molecule has 122 valence electrons. The highest BCUT2D eigenvalue weighted by atomic mass is 79.9. The predicted molar refractivity (Wildman–Crippen MR) is 91.3 cm³/mol. The average Bonchev–Trinajstić information content (AvgIpc) is 2.97. The van der Waals surface area contributed by atoms with E-state index in [2.05, 4.69) is 50.3 Å². The molecule has 1 aliphatic rings. The SMILES string of the molecule is CC(C)c1[nH]nc(C(=O)N2CCNCC2c2cccnc2)c1Br. The molecule has 3 rings (SSSR count). The van der Waals surface area contributed by atoms with Gasteiger partial charge in [0.2, 0.25) is 0 Å². The van der Waals surface area contributed by atoms with Crippen molar-refractivity contribution in [2.45, 2.75) is 25.8 Å². The lowest BCUT2D eigenvalue weighted by Gasteiger charge is -2.36. The van der Waals surface area contributed by atoms with Crippen molar-refractivity contribution in [3.63, 3.8) is 0 Å². The van der Waals surface area contributed by atoms with E-state index in [1.54, 1.807) is 6.20 Å². The second-order valence-corrected chi connectivity index (χ2v) is 6.75. The minimum absolute atomic E-state index is 0.0314. The molecule has 1 fully saturated rings. The molecule has 2 aromatic rings. The molecule has 1 aliphatic heterocycles. The van der Waals surface area contributed by atoms with Crippen molar-refractivity contribution < 1.29 is 4.79 Å². The molecule has 0 radical (unpaired) electrons. The van der Waals surface area contributed by atoms with E-state index >= 15 is 0 Å². The van der Waals surface area contributed by atoms with Gasteiger partial charge in [-0.2, -0.15) is 5.10 Å². The van der Waals surface area contributed by atoms with Gasteiger partial charge in [-0.3, -0.25) is 14.9 Å². The average molecular weight is 378 g/mol. The van der Waals surface area contributed by atoms with Crippen LogP contribution in [0, 0.1) is 0 Å². The topological polar surface area (TPSA) is 73.9 Å². The van der Waals surface area contributed by atoms with Crippen molar-refractivity contribution in [3.05, 3.63) is 46.0 Å². The molecule has 0 aliphatic carbocycles. The summed E-state index contributed by atoms with van der Waals surface area (Å²) in [6.07, 6.45) is 3.56. The maximum atomic E-state index is 13.0. The number of piperazine rings is 1. The number of nitrogens with zero attached hydrogens (tertiary/aromatic N) is 3. The fourth-order valence-electron chi connectivity index (χ4n) is 2.82. The molecule has 0 aromatic carbocycles. The van der Waals surface area contributed by atoms with Crippen LogP contribution in [0.2, 0.25) is 0 Å². The molecule has 6 nitrogen and oxygen atoms in total. The molecule has 0 spiro atoms. The van der Waals surface area contributed by atoms with Crippen molar-refractivity contribution >= 4 is 21.8 Å². The van der Waals surface area contributed by atoms with Crippen LogP contribution < -0.4 is 5.32 Å². The van der Waals surface area contributed by atoms with Crippen LogP contribution in [0.3, 0.4) is 0 Å². The maximum Gasteiger partial charge on any atom is 0.276 e. The number of rotatable bonds is 3. The van der Waals surface area contributed by atoms with Crippen LogP contribution in [0.5, 0.6) is 0 Å². The molecule has 23 heavy (non-hydrogen) atoms. The molecule has 0 bridgehead atoms. The second kappa shape index (κ2) is 6.80. The first kappa shape index (κ1) is 16.1. The van der Waals surface area contributed by atoms with Gasteiger partial charge in [0.25, 0.3) is 5.91 Å². The number of amides is 1. The van der Waals surface area contributed by atoms with Crippen LogP contribution in [0.15, 0.2) is 29.0 Å². The van der Waals surface area contributed by atoms with Crippen LogP contribution in [0.25, 0.3) is 0 Å². The third kappa shape index (κ3) is 3.16. The van der Waals surface area contributed by atoms with Gasteiger partial charge in [0.05, 0.1) is 16.2 Å². The molecule has 3 heterocycles. The minimum Gasteiger partial charge on any atom is -0.328 e. The molecule has 2 aromatic heterocycles. The molecule has 1 unspecified atom stereocenters. The van der Waals surface area contributed by atoms with Gasteiger partial charge in [0.15, 0.2) is 5.69 Å². The van der Waals surface area contributed by atoms with E-state index in [1.807, 2.05) is 23.2 Å². The standard InChI is InChI=1S/C16H20BrN5O/c1-10(2)14-13(17)15(21-20-14)16(23)22-7-6-19-9-12(22)11-4-3-5-18-8-11/h3-5,8,10,12,19H,6-7,9H2,1-2H3,(H,20,21). The Bertz CT molecular complexity index is 685. The molecule has 7 heteroatoms. The highest BCUT2D eigenvalue weighted by molar-refractivity contribution is 9.10. The van der Waals surface area contributed by atoms with Gasteiger partial charge in [-0.1, -0.05) is 19.9 Å². The number of pyridine rings is 1. The van der Waals surface area contributed by atoms with Crippen LogP contribution in [0.1, 0.15) is 47.6 Å². The zero-order valence-electron chi connectivity index (χ0n) is 13.2. The Balaban J connectivity index is 1.90. The maximum absolute atomic E-state index is 13.0. The van der Waals surface area contributed by atoms with E-state index in [9.17, 15) is 4.79 Å². The second-order valence-electron chi connectivity index (χ2n) is 5.96. The molecular formula is C16H20BrN5O. The van der Waals surface area contributed by atoms with E-state index in [-0.39, 0.29) is 17.9 Å². The predicted octanol–water partition coefficient (Wildman–Crippen LogP) is 2.48. The number of nitrogens with one attached hydrogen (secondary N) is 2. The summed E-state index contributed by atoms with van der Waals surface area (Å²) in [5.74, 6) is 0.214. The van der Waals surface area contributed by atoms with E-state index in [1.165, 1.54) is 0 Å². The van der Waals surface area contributed by atoms with Crippen molar-refractivity contribution in [1.29, 1.82) is 0 Å². The van der Waals surface area contributed by atoms with E-state index in [0.717, 1.165) is 28.8 Å². The molecule has 2 N–H and O–H groups in total. The Labute approximate surface area is 143 Å². The normalized spacial score (nSPS) is 18.4. The number of halogens is 1. The van der Waals surface area contributed by atoms with Crippen LogP contribution >= 0.6 is 15.9 Å². The van der Waals surface area contributed by atoms with Crippen molar-refractivity contribution in [2.24, 2.45) is 0 Å². The van der Waals surface area contributed by atoms with Gasteiger partial charge in [0, 0.05) is 32.0 Å². The Kier molecular flexibility index (Phi) is 4.77. The van der Waals surface area contributed by atoms with Gasteiger partial charge >= 0.3 is 0 Å². The highest BCUT2D eigenvalue weighted by Gasteiger charge is 2.31. The number of hydrogen-bond acceptors (Lipinski definition) is 4. The number of H-pyrrole nitrogens is 1. The first-order valence-electron chi connectivity index (χ1n) is 7.75. The molecule has 1 amide bonds. The molecule has 1 atom stereocenters. The number of carbonyl (C=O) groups excluding carboxylic acids is 1. The van der Waals surface area contributed by atoms with Crippen LogP contribution in [0.4, 0.5) is 0 Å². The number of aromatic amines is 1. The zero-order valence-corrected chi connectivity index (χ0v) is 14.8. The molecule has 1 saturated heterocycles. The lowest BCUT2D eigenvalue weighted by atomic mass is 10.0. The van der Waals surface area contributed by atoms with E-state index in [4.69, 9.17) is 0 Å². The van der Waals surface area contributed by atoms with Crippen molar-refractivity contribution in [1.82, 2.24) is 25.4 Å². The third-order valence-corrected chi connectivity index (χ3v) is 4.89.